The zero-order valence-electron chi connectivity index (χ0n) is 5.33. The Hall–Kier alpha value is -0.440. The van der Waals surface area contributed by atoms with Crippen molar-refractivity contribution in [2.45, 2.75) is 18.6 Å². The number of rotatable bonds is 2. The Morgan fingerprint density at radius 1 is 1.89 bits per heavy atom. The summed E-state index contributed by atoms with van der Waals surface area (Å²) in [7, 11) is 0. The van der Waals surface area contributed by atoms with Crippen LogP contribution in [0.15, 0.2) is 12.5 Å². The minimum atomic E-state index is 0.312. The lowest BCUT2D eigenvalue weighted by molar-refractivity contribution is 0.874. The number of thiol groups is 1. The normalized spacial score (nSPS) is 13.6. The summed E-state index contributed by atoms with van der Waals surface area (Å²) in [6.45, 7) is 2.10. The minimum absolute atomic E-state index is 0.312. The van der Waals surface area contributed by atoms with Crippen molar-refractivity contribution in [3.05, 3.63) is 18.2 Å². The van der Waals surface area contributed by atoms with Crippen molar-refractivity contribution in [2.75, 3.05) is 0 Å². The molecule has 0 spiro atoms. The van der Waals surface area contributed by atoms with E-state index in [1.165, 1.54) is 0 Å². The van der Waals surface area contributed by atoms with Gasteiger partial charge in [0.05, 0.1) is 6.33 Å². The molecule has 1 aromatic rings. The molecule has 0 fully saturated rings. The third kappa shape index (κ3) is 1.48. The first-order chi connectivity index (χ1) is 4.34. The van der Waals surface area contributed by atoms with E-state index in [0.717, 1.165) is 12.1 Å². The van der Waals surface area contributed by atoms with Gasteiger partial charge in [-0.2, -0.15) is 12.6 Å². The van der Waals surface area contributed by atoms with Crippen LogP contribution in [-0.2, 0) is 0 Å². The summed E-state index contributed by atoms with van der Waals surface area (Å²) in [5, 5.41) is 0.312. The molecule has 0 bridgehead atoms. The maximum atomic E-state index is 4.31. The van der Waals surface area contributed by atoms with Crippen molar-refractivity contribution >= 4 is 12.6 Å². The summed E-state index contributed by atoms with van der Waals surface area (Å²) in [6.07, 6.45) is 4.51. The number of nitrogens with zero attached hydrogens (tertiary/aromatic N) is 1. The predicted octanol–water partition coefficient (Wildman–Crippen LogP) is 1.79. The molecule has 0 aliphatic heterocycles. The molecule has 9 heavy (non-hydrogen) atoms. The summed E-state index contributed by atoms with van der Waals surface area (Å²) < 4.78 is 0. The van der Waals surface area contributed by atoms with Crippen molar-refractivity contribution in [1.29, 1.82) is 0 Å². The Labute approximate surface area is 60.1 Å². The number of hydrogen-bond acceptors (Lipinski definition) is 2. The molecular weight excluding hydrogens is 132 g/mol. The first-order valence-corrected chi connectivity index (χ1v) is 3.52. The van der Waals surface area contributed by atoms with Crippen molar-refractivity contribution in [3.8, 4) is 0 Å². The third-order valence-electron chi connectivity index (χ3n) is 1.27. The monoisotopic (exact) mass is 142 g/mol. The Morgan fingerprint density at radius 3 is 3.11 bits per heavy atom. The van der Waals surface area contributed by atoms with Crippen LogP contribution < -0.4 is 0 Å². The zero-order chi connectivity index (χ0) is 6.69. The second-order valence-electron chi connectivity index (χ2n) is 1.93. The molecule has 3 heteroatoms. The topological polar surface area (TPSA) is 28.7 Å². The summed E-state index contributed by atoms with van der Waals surface area (Å²) in [5.41, 5.74) is 1.10. The van der Waals surface area contributed by atoms with Gasteiger partial charge in [-0.25, -0.2) is 4.98 Å². The van der Waals surface area contributed by atoms with Gasteiger partial charge in [0, 0.05) is 17.1 Å². The van der Waals surface area contributed by atoms with Crippen LogP contribution in [0.5, 0.6) is 0 Å². The van der Waals surface area contributed by atoms with Crippen LogP contribution in [-0.4, -0.2) is 9.97 Å². The van der Waals surface area contributed by atoms with Crippen LogP contribution in [0.1, 0.15) is 24.3 Å². The minimum Gasteiger partial charge on any atom is -0.348 e. The van der Waals surface area contributed by atoms with Gasteiger partial charge in [-0.15, -0.1) is 0 Å². The van der Waals surface area contributed by atoms with Gasteiger partial charge in [0.25, 0.3) is 0 Å². The lowest BCUT2D eigenvalue weighted by Gasteiger charge is -2.01. The fourth-order valence-corrected chi connectivity index (χ4v) is 0.810. The molecule has 1 atom stereocenters. The average Bonchev–Trinajstić information content (AvgIpc) is 2.37. The van der Waals surface area contributed by atoms with Gasteiger partial charge in [-0.3, -0.25) is 0 Å². The molecule has 1 unspecified atom stereocenters. The third-order valence-corrected chi connectivity index (χ3v) is 1.91. The molecule has 0 aliphatic carbocycles. The van der Waals surface area contributed by atoms with E-state index in [0.29, 0.717) is 5.25 Å². The molecule has 0 saturated carbocycles. The highest BCUT2D eigenvalue weighted by molar-refractivity contribution is 7.80. The van der Waals surface area contributed by atoms with E-state index in [9.17, 15) is 0 Å². The summed E-state index contributed by atoms with van der Waals surface area (Å²) in [5.74, 6) is 0. The van der Waals surface area contributed by atoms with Crippen molar-refractivity contribution in [2.24, 2.45) is 0 Å². The summed E-state index contributed by atoms with van der Waals surface area (Å²) >= 11 is 4.31. The summed E-state index contributed by atoms with van der Waals surface area (Å²) in [4.78, 5) is 6.89. The number of H-pyrrole nitrogens is 1. The van der Waals surface area contributed by atoms with Gasteiger partial charge in [0.1, 0.15) is 0 Å². The molecule has 1 heterocycles. The maximum Gasteiger partial charge on any atom is 0.0922 e. The molecule has 1 aromatic heterocycles. The van der Waals surface area contributed by atoms with Crippen LogP contribution >= 0.6 is 12.6 Å². The average molecular weight is 142 g/mol. The van der Waals surface area contributed by atoms with Crippen LogP contribution in [0, 0.1) is 0 Å². The Morgan fingerprint density at radius 2 is 2.67 bits per heavy atom. The number of hydrogen-bond donors (Lipinski definition) is 2. The molecule has 1 rings (SSSR count). The molecule has 0 saturated heterocycles. The largest absolute Gasteiger partial charge is 0.348 e. The Balaban J connectivity index is 2.65. The highest BCUT2D eigenvalue weighted by Gasteiger charge is 2.02. The molecule has 2 nitrogen and oxygen atoms in total. The van der Waals surface area contributed by atoms with Gasteiger partial charge in [-0.1, -0.05) is 6.92 Å². The molecule has 50 valence electrons. The molecule has 1 N–H and O–H groups in total. The lowest BCUT2D eigenvalue weighted by atomic mass is 10.3. The highest BCUT2D eigenvalue weighted by Crippen LogP contribution is 2.19. The van der Waals surface area contributed by atoms with Gasteiger partial charge in [-0.05, 0) is 6.42 Å². The molecular formula is C6H10N2S. The SMILES string of the molecule is CCC(S)c1cnc[nH]1. The van der Waals surface area contributed by atoms with Crippen LogP contribution in [0.25, 0.3) is 0 Å². The zero-order valence-corrected chi connectivity index (χ0v) is 6.23. The van der Waals surface area contributed by atoms with Crippen molar-refractivity contribution in [3.63, 3.8) is 0 Å². The van der Waals surface area contributed by atoms with E-state index in [4.69, 9.17) is 0 Å². The van der Waals surface area contributed by atoms with Gasteiger partial charge in [0.2, 0.25) is 0 Å². The van der Waals surface area contributed by atoms with Crippen LogP contribution in [0.2, 0.25) is 0 Å². The van der Waals surface area contributed by atoms with Gasteiger partial charge < -0.3 is 4.98 Å². The highest BCUT2D eigenvalue weighted by atomic mass is 32.1. The first kappa shape index (κ1) is 6.68. The molecule has 0 radical (unpaired) electrons. The van der Waals surface area contributed by atoms with E-state index in [2.05, 4.69) is 29.5 Å². The fraction of sp³-hybridized carbons (Fsp3) is 0.500. The predicted molar refractivity (Wildman–Crippen MR) is 40.6 cm³/mol. The maximum absolute atomic E-state index is 4.31. The quantitative estimate of drug-likeness (QED) is 0.605. The first-order valence-electron chi connectivity index (χ1n) is 3.01. The lowest BCUT2D eigenvalue weighted by Crippen LogP contribution is -1.86. The second-order valence-corrected chi connectivity index (χ2v) is 2.55. The van der Waals surface area contributed by atoms with E-state index >= 15 is 0 Å². The van der Waals surface area contributed by atoms with Crippen molar-refractivity contribution < 1.29 is 0 Å². The number of nitrogens with one attached hydrogen (secondary N) is 1. The molecule has 0 aliphatic rings. The van der Waals surface area contributed by atoms with E-state index < -0.39 is 0 Å². The van der Waals surface area contributed by atoms with Crippen molar-refractivity contribution in [1.82, 2.24) is 9.97 Å². The second kappa shape index (κ2) is 2.92. The Bertz CT molecular complexity index is 160. The fourth-order valence-electron chi connectivity index (χ4n) is 0.669. The summed E-state index contributed by atoms with van der Waals surface area (Å²) in [6, 6.07) is 0. The van der Waals surface area contributed by atoms with Gasteiger partial charge >= 0.3 is 0 Å². The van der Waals surface area contributed by atoms with E-state index in [1.807, 2.05) is 0 Å². The standard InChI is InChI=1S/C6H10N2S/c1-2-6(9)5-3-7-4-8-5/h3-4,6,9H,2H2,1H3,(H,7,8). The van der Waals surface area contributed by atoms with Crippen LogP contribution in [0.3, 0.4) is 0 Å². The van der Waals surface area contributed by atoms with Crippen LogP contribution in [0.4, 0.5) is 0 Å². The Kier molecular flexibility index (Phi) is 2.16. The number of aromatic nitrogens is 2. The van der Waals surface area contributed by atoms with E-state index in [-0.39, 0.29) is 0 Å². The molecule has 0 aromatic carbocycles. The number of imidazole rings is 1. The van der Waals surface area contributed by atoms with E-state index in [1.54, 1.807) is 12.5 Å². The number of aromatic amines is 1. The van der Waals surface area contributed by atoms with Gasteiger partial charge in [0.15, 0.2) is 0 Å². The smallest absolute Gasteiger partial charge is 0.0922 e. The molecule has 0 amide bonds.